The summed E-state index contributed by atoms with van der Waals surface area (Å²) in [6.45, 7) is 0.211. The number of benzene rings is 1. The minimum absolute atomic E-state index is 0.211. The van der Waals surface area contributed by atoms with Crippen LogP contribution in [0.25, 0.3) is 11.0 Å². The molecular formula is C9H8N4O. The molecule has 0 aliphatic heterocycles. The lowest BCUT2D eigenvalue weighted by Gasteiger charge is -1.98. The van der Waals surface area contributed by atoms with Gasteiger partial charge in [0.15, 0.2) is 0 Å². The van der Waals surface area contributed by atoms with E-state index in [0.29, 0.717) is 0 Å². The molecule has 0 bridgehead atoms. The van der Waals surface area contributed by atoms with E-state index in [4.69, 9.17) is 10.00 Å². The van der Waals surface area contributed by atoms with Gasteiger partial charge in [-0.3, -0.25) is 0 Å². The minimum Gasteiger partial charge on any atom is -0.497 e. The number of ether oxygens (including phenoxy) is 1. The summed E-state index contributed by atoms with van der Waals surface area (Å²) < 4.78 is 6.60. The molecule has 2 aromatic rings. The fraction of sp³-hybridized carbons (Fsp3) is 0.222. The zero-order valence-corrected chi connectivity index (χ0v) is 7.64. The summed E-state index contributed by atoms with van der Waals surface area (Å²) in [5.74, 6) is 0.738. The molecule has 1 aromatic heterocycles. The lowest BCUT2D eigenvalue weighted by molar-refractivity contribution is 0.415. The van der Waals surface area contributed by atoms with Crippen LogP contribution < -0.4 is 4.74 Å². The molecule has 70 valence electrons. The van der Waals surface area contributed by atoms with Crippen molar-refractivity contribution >= 4 is 11.0 Å². The average Bonchev–Trinajstić information content (AvgIpc) is 2.61. The third kappa shape index (κ3) is 1.27. The molecule has 0 aliphatic rings. The van der Waals surface area contributed by atoms with Crippen molar-refractivity contribution in [3.05, 3.63) is 18.2 Å². The first kappa shape index (κ1) is 8.51. The second-order valence-electron chi connectivity index (χ2n) is 2.76. The lowest BCUT2D eigenvalue weighted by Crippen LogP contribution is -1.97. The number of fused-ring (bicyclic) bond motifs is 1. The molecule has 0 saturated heterocycles. The standard InChI is InChI=1S/C9H8N4O/c1-14-7-2-3-9-8(6-7)11-12-13(9)5-4-10/h2-3,6H,5H2,1H3. The number of hydrogen-bond donors (Lipinski definition) is 0. The highest BCUT2D eigenvalue weighted by molar-refractivity contribution is 5.76. The van der Waals surface area contributed by atoms with Crippen molar-refractivity contribution in [1.29, 1.82) is 5.26 Å². The first-order chi connectivity index (χ1) is 6.85. The Morgan fingerprint density at radius 2 is 2.43 bits per heavy atom. The van der Waals surface area contributed by atoms with Crippen molar-refractivity contribution in [3.8, 4) is 11.8 Å². The quantitative estimate of drug-likeness (QED) is 0.704. The summed E-state index contributed by atoms with van der Waals surface area (Å²) in [5, 5.41) is 16.3. The van der Waals surface area contributed by atoms with E-state index in [1.165, 1.54) is 0 Å². The number of hydrogen-bond acceptors (Lipinski definition) is 4. The van der Waals surface area contributed by atoms with Gasteiger partial charge in [-0.05, 0) is 12.1 Å². The Morgan fingerprint density at radius 1 is 1.57 bits per heavy atom. The number of nitrogens with zero attached hydrogens (tertiary/aromatic N) is 4. The highest BCUT2D eigenvalue weighted by Gasteiger charge is 2.04. The van der Waals surface area contributed by atoms with Crippen molar-refractivity contribution in [2.75, 3.05) is 7.11 Å². The van der Waals surface area contributed by atoms with Gasteiger partial charge in [-0.25, -0.2) is 4.68 Å². The van der Waals surface area contributed by atoms with Gasteiger partial charge in [0.1, 0.15) is 17.8 Å². The smallest absolute Gasteiger partial charge is 0.130 e. The minimum atomic E-state index is 0.211. The Labute approximate surface area is 80.5 Å². The molecule has 0 N–H and O–H groups in total. The van der Waals surface area contributed by atoms with Crippen LogP contribution in [0.4, 0.5) is 0 Å². The van der Waals surface area contributed by atoms with Crippen LogP contribution in [0.2, 0.25) is 0 Å². The Balaban J connectivity index is 2.55. The molecule has 1 heterocycles. The van der Waals surface area contributed by atoms with E-state index in [1.807, 2.05) is 18.2 Å². The second kappa shape index (κ2) is 3.34. The molecule has 14 heavy (non-hydrogen) atoms. The van der Waals surface area contributed by atoms with E-state index in [1.54, 1.807) is 17.9 Å². The topological polar surface area (TPSA) is 63.7 Å². The number of aromatic nitrogens is 3. The Kier molecular flexibility index (Phi) is 2.03. The molecule has 5 nitrogen and oxygen atoms in total. The monoisotopic (exact) mass is 188 g/mol. The molecule has 0 spiro atoms. The fourth-order valence-electron chi connectivity index (χ4n) is 1.26. The largest absolute Gasteiger partial charge is 0.497 e. The predicted octanol–water partition coefficient (Wildman–Crippen LogP) is 0.963. The van der Waals surface area contributed by atoms with Crippen LogP contribution in [-0.4, -0.2) is 22.1 Å². The Hall–Kier alpha value is -2.09. The van der Waals surface area contributed by atoms with Gasteiger partial charge in [-0.1, -0.05) is 5.21 Å². The van der Waals surface area contributed by atoms with Crippen LogP contribution in [0, 0.1) is 11.3 Å². The van der Waals surface area contributed by atoms with E-state index < -0.39 is 0 Å². The highest BCUT2D eigenvalue weighted by atomic mass is 16.5. The lowest BCUT2D eigenvalue weighted by atomic mass is 10.3. The second-order valence-corrected chi connectivity index (χ2v) is 2.76. The normalized spacial score (nSPS) is 10.0. The summed E-state index contributed by atoms with van der Waals surface area (Å²) in [5.41, 5.74) is 1.58. The van der Waals surface area contributed by atoms with Gasteiger partial charge in [-0.2, -0.15) is 5.26 Å². The third-order valence-electron chi connectivity index (χ3n) is 1.94. The average molecular weight is 188 g/mol. The molecule has 5 heteroatoms. The molecule has 0 fully saturated rings. The fourth-order valence-corrected chi connectivity index (χ4v) is 1.26. The van der Waals surface area contributed by atoms with Crippen molar-refractivity contribution in [1.82, 2.24) is 15.0 Å². The molecular weight excluding hydrogens is 180 g/mol. The van der Waals surface area contributed by atoms with Gasteiger partial charge in [-0.15, -0.1) is 5.10 Å². The maximum absolute atomic E-state index is 8.53. The Bertz CT molecular complexity index is 497. The maximum atomic E-state index is 8.53. The van der Waals surface area contributed by atoms with Gasteiger partial charge in [0.05, 0.1) is 18.7 Å². The van der Waals surface area contributed by atoms with Crippen LogP contribution in [0.1, 0.15) is 0 Å². The first-order valence-electron chi connectivity index (χ1n) is 4.09. The molecule has 0 radical (unpaired) electrons. The third-order valence-corrected chi connectivity index (χ3v) is 1.94. The van der Waals surface area contributed by atoms with Gasteiger partial charge < -0.3 is 4.74 Å². The van der Waals surface area contributed by atoms with E-state index in [9.17, 15) is 0 Å². The van der Waals surface area contributed by atoms with Crippen LogP contribution in [-0.2, 0) is 6.54 Å². The van der Waals surface area contributed by atoms with Crippen LogP contribution in [0.5, 0.6) is 5.75 Å². The number of nitriles is 1. The summed E-state index contributed by atoms with van der Waals surface area (Å²) >= 11 is 0. The molecule has 0 unspecified atom stereocenters. The summed E-state index contributed by atoms with van der Waals surface area (Å²) in [7, 11) is 1.60. The Morgan fingerprint density at radius 3 is 3.14 bits per heavy atom. The van der Waals surface area contributed by atoms with Gasteiger partial charge in [0.25, 0.3) is 0 Å². The SMILES string of the molecule is COc1ccc2c(c1)nnn2CC#N. The molecule has 1 aromatic carbocycles. The zero-order valence-electron chi connectivity index (χ0n) is 7.64. The van der Waals surface area contributed by atoms with E-state index in [-0.39, 0.29) is 6.54 Å². The van der Waals surface area contributed by atoms with Gasteiger partial charge in [0.2, 0.25) is 0 Å². The van der Waals surface area contributed by atoms with Crippen molar-refractivity contribution in [3.63, 3.8) is 0 Å². The first-order valence-corrected chi connectivity index (χ1v) is 4.09. The van der Waals surface area contributed by atoms with Crippen LogP contribution in [0.15, 0.2) is 18.2 Å². The van der Waals surface area contributed by atoms with E-state index >= 15 is 0 Å². The summed E-state index contributed by atoms with van der Waals surface area (Å²) in [6, 6.07) is 7.47. The van der Waals surface area contributed by atoms with E-state index in [2.05, 4.69) is 10.3 Å². The van der Waals surface area contributed by atoms with Crippen LogP contribution >= 0.6 is 0 Å². The molecule has 0 amide bonds. The molecule has 0 atom stereocenters. The molecule has 2 rings (SSSR count). The zero-order chi connectivity index (χ0) is 9.97. The maximum Gasteiger partial charge on any atom is 0.130 e. The van der Waals surface area contributed by atoms with Crippen molar-refractivity contribution < 1.29 is 4.74 Å². The van der Waals surface area contributed by atoms with E-state index in [0.717, 1.165) is 16.8 Å². The molecule has 0 saturated carbocycles. The van der Waals surface area contributed by atoms with Gasteiger partial charge in [0, 0.05) is 6.07 Å². The number of methoxy groups -OCH3 is 1. The van der Waals surface area contributed by atoms with Crippen molar-refractivity contribution in [2.45, 2.75) is 6.54 Å². The summed E-state index contributed by atoms with van der Waals surface area (Å²) in [4.78, 5) is 0. The highest BCUT2D eigenvalue weighted by Crippen LogP contribution is 2.17. The predicted molar refractivity (Wildman–Crippen MR) is 49.7 cm³/mol. The van der Waals surface area contributed by atoms with Gasteiger partial charge >= 0.3 is 0 Å². The number of rotatable bonds is 2. The van der Waals surface area contributed by atoms with Crippen LogP contribution in [0.3, 0.4) is 0 Å². The van der Waals surface area contributed by atoms with Crippen molar-refractivity contribution in [2.24, 2.45) is 0 Å². The molecule has 0 aliphatic carbocycles. The summed E-state index contributed by atoms with van der Waals surface area (Å²) in [6.07, 6.45) is 0.